The molecule has 3 heterocycles. The highest BCUT2D eigenvalue weighted by Crippen LogP contribution is 2.46. The topological polar surface area (TPSA) is 96.1 Å². The van der Waals surface area contributed by atoms with Crippen molar-refractivity contribution in [2.75, 3.05) is 19.0 Å². The van der Waals surface area contributed by atoms with Crippen molar-refractivity contribution in [2.24, 2.45) is 20.0 Å². The fraction of sp³-hybridized carbons (Fsp3) is 0.429. The van der Waals surface area contributed by atoms with Crippen LogP contribution in [0, 0.1) is 12.8 Å². The molecule has 1 fully saturated rings. The number of aromatic nitrogens is 5. The first kappa shape index (κ1) is 19.9. The molecule has 0 bridgehead atoms. The van der Waals surface area contributed by atoms with E-state index in [2.05, 4.69) is 20.5 Å². The maximum atomic E-state index is 12.4. The lowest BCUT2D eigenvalue weighted by Gasteiger charge is -2.10. The lowest BCUT2D eigenvalue weighted by atomic mass is 10.2. The van der Waals surface area contributed by atoms with Gasteiger partial charge in [-0.15, -0.1) is 5.10 Å². The van der Waals surface area contributed by atoms with Crippen LogP contribution in [-0.2, 0) is 20.6 Å². The molecule has 3 aromatic heterocycles. The van der Waals surface area contributed by atoms with Crippen molar-refractivity contribution in [3.8, 4) is 11.6 Å². The molecule has 9 nitrogen and oxygen atoms in total. The van der Waals surface area contributed by atoms with Gasteiger partial charge in [-0.1, -0.05) is 0 Å². The van der Waals surface area contributed by atoms with Crippen molar-refractivity contribution in [1.29, 1.82) is 0 Å². The first-order chi connectivity index (χ1) is 14.4. The van der Waals surface area contributed by atoms with Crippen LogP contribution in [0.5, 0.6) is 11.6 Å². The Hall–Kier alpha value is -3.36. The third-order valence-electron chi connectivity index (χ3n) is 5.37. The number of anilines is 1. The lowest BCUT2D eigenvalue weighted by Crippen LogP contribution is -2.24. The molecule has 1 saturated carbocycles. The molecular formula is C21H26N6O3. The van der Waals surface area contributed by atoms with E-state index in [0.717, 1.165) is 29.1 Å². The number of nitrogens with one attached hydrogen (secondary N) is 1. The van der Waals surface area contributed by atoms with Gasteiger partial charge in [-0.05, 0) is 25.5 Å². The molecule has 0 aromatic carbocycles. The van der Waals surface area contributed by atoms with Crippen molar-refractivity contribution in [3.63, 3.8) is 0 Å². The molecule has 30 heavy (non-hydrogen) atoms. The van der Waals surface area contributed by atoms with Crippen molar-refractivity contribution >= 4 is 5.69 Å². The van der Waals surface area contributed by atoms with Gasteiger partial charge in [0.1, 0.15) is 11.4 Å². The smallest absolute Gasteiger partial charge is 0.290 e. The average molecular weight is 410 g/mol. The van der Waals surface area contributed by atoms with Gasteiger partial charge in [-0.2, -0.15) is 5.10 Å². The molecule has 4 rings (SSSR count). The van der Waals surface area contributed by atoms with Crippen molar-refractivity contribution in [2.45, 2.75) is 25.8 Å². The Morgan fingerprint density at radius 1 is 1.27 bits per heavy atom. The molecule has 1 N–H and O–H groups in total. The van der Waals surface area contributed by atoms with Crippen LogP contribution in [0.2, 0.25) is 0 Å². The Labute approximate surface area is 174 Å². The second-order valence-corrected chi connectivity index (χ2v) is 7.63. The van der Waals surface area contributed by atoms with Crippen molar-refractivity contribution in [1.82, 2.24) is 24.5 Å². The zero-order valence-corrected chi connectivity index (χ0v) is 17.6. The van der Waals surface area contributed by atoms with E-state index in [-0.39, 0.29) is 5.56 Å². The minimum absolute atomic E-state index is 0.198. The third kappa shape index (κ3) is 4.29. The summed E-state index contributed by atoms with van der Waals surface area (Å²) in [4.78, 5) is 16.9. The number of nitrogens with zero attached hydrogens (tertiary/aromatic N) is 5. The van der Waals surface area contributed by atoms with Gasteiger partial charge in [-0.3, -0.25) is 14.5 Å². The van der Waals surface area contributed by atoms with Gasteiger partial charge in [0.25, 0.3) is 5.56 Å². The summed E-state index contributed by atoms with van der Waals surface area (Å²) >= 11 is 0. The monoisotopic (exact) mass is 410 g/mol. The molecule has 0 radical (unpaired) electrons. The molecule has 0 amide bonds. The first-order valence-electron chi connectivity index (χ1n) is 9.88. The second kappa shape index (κ2) is 8.17. The molecule has 2 atom stereocenters. The van der Waals surface area contributed by atoms with E-state index >= 15 is 0 Å². The zero-order valence-electron chi connectivity index (χ0n) is 17.6. The second-order valence-electron chi connectivity index (χ2n) is 7.63. The number of hydrogen-bond donors (Lipinski definition) is 1. The molecule has 0 spiro atoms. The predicted molar refractivity (Wildman–Crippen MR) is 112 cm³/mol. The summed E-state index contributed by atoms with van der Waals surface area (Å²) < 4.78 is 14.1. The summed E-state index contributed by atoms with van der Waals surface area (Å²) in [6.07, 6.45) is 4.70. The first-order valence-corrected chi connectivity index (χ1v) is 9.88. The summed E-state index contributed by atoms with van der Waals surface area (Å²) in [7, 11) is 5.13. The quantitative estimate of drug-likeness (QED) is 0.607. The number of hydrogen-bond acceptors (Lipinski definition) is 7. The summed E-state index contributed by atoms with van der Waals surface area (Å²) in [5, 5.41) is 11.7. The number of rotatable bonds is 8. The van der Waals surface area contributed by atoms with Crippen molar-refractivity contribution < 1.29 is 9.47 Å². The Morgan fingerprint density at radius 3 is 2.77 bits per heavy atom. The Bertz CT molecular complexity index is 1090. The minimum atomic E-state index is -0.198. The van der Waals surface area contributed by atoms with Crippen LogP contribution in [-0.4, -0.2) is 38.3 Å². The molecule has 9 heteroatoms. The highest BCUT2D eigenvalue weighted by atomic mass is 16.5. The van der Waals surface area contributed by atoms with Crippen LogP contribution < -0.4 is 20.3 Å². The van der Waals surface area contributed by atoms with E-state index in [0.29, 0.717) is 36.6 Å². The molecule has 1 aliphatic rings. The molecule has 1 unspecified atom stereocenters. The zero-order chi connectivity index (χ0) is 21.3. The van der Waals surface area contributed by atoms with E-state index in [1.165, 1.54) is 4.68 Å². The van der Waals surface area contributed by atoms with Crippen LogP contribution in [0.4, 0.5) is 5.69 Å². The van der Waals surface area contributed by atoms with Gasteiger partial charge in [0.15, 0.2) is 0 Å². The maximum Gasteiger partial charge on any atom is 0.290 e. The third-order valence-corrected chi connectivity index (χ3v) is 5.37. The van der Waals surface area contributed by atoms with Crippen LogP contribution in [0.3, 0.4) is 0 Å². The van der Waals surface area contributed by atoms with E-state index in [9.17, 15) is 4.79 Å². The normalized spacial score (nSPS) is 17.6. The number of methoxy groups -OCH3 is 1. The van der Waals surface area contributed by atoms with E-state index in [4.69, 9.17) is 9.47 Å². The van der Waals surface area contributed by atoms with Gasteiger partial charge in [0.05, 0.1) is 25.6 Å². The SMILES string of the molecule is COc1ccc([C@@H]2CC2COc2cc(NCc3cn(C)nc3C)c(=O)n(C)n2)nc1. The molecule has 0 aliphatic heterocycles. The highest BCUT2D eigenvalue weighted by molar-refractivity contribution is 5.44. The van der Waals surface area contributed by atoms with Gasteiger partial charge >= 0.3 is 0 Å². The summed E-state index contributed by atoms with van der Waals surface area (Å²) in [5.74, 6) is 1.95. The minimum Gasteiger partial charge on any atom is -0.495 e. The lowest BCUT2D eigenvalue weighted by molar-refractivity contribution is 0.278. The van der Waals surface area contributed by atoms with Gasteiger partial charge in [0.2, 0.25) is 5.88 Å². The van der Waals surface area contributed by atoms with Crippen molar-refractivity contribution in [3.05, 3.63) is 57.9 Å². The van der Waals surface area contributed by atoms with Crippen LogP contribution in [0.1, 0.15) is 29.3 Å². The predicted octanol–water partition coefficient (Wildman–Crippen LogP) is 2.02. The number of pyridine rings is 1. The van der Waals surface area contributed by atoms with E-state index in [1.54, 1.807) is 31.1 Å². The summed E-state index contributed by atoms with van der Waals surface area (Å²) in [6, 6.07) is 5.59. The molecular weight excluding hydrogens is 384 g/mol. The van der Waals surface area contributed by atoms with Crippen LogP contribution >= 0.6 is 0 Å². The number of ether oxygens (including phenoxy) is 2. The van der Waals surface area contributed by atoms with Gasteiger partial charge in [-0.25, -0.2) is 4.68 Å². The van der Waals surface area contributed by atoms with E-state index in [1.807, 2.05) is 32.3 Å². The highest BCUT2D eigenvalue weighted by Gasteiger charge is 2.40. The average Bonchev–Trinajstić information content (AvgIpc) is 3.44. The van der Waals surface area contributed by atoms with Gasteiger partial charge < -0.3 is 14.8 Å². The largest absolute Gasteiger partial charge is 0.495 e. The molecule has 3 aromatic rings. The Balaban J connectivity index is 1.37. The van der Waals surface area contributed by atoms with Crippen LogP contribution in [0.25, 0.3) is 0 Å². The maximum absolute atomic E-state index is 12.4. The molecule has 158 valence electrons. The standard InChI is InChI=1S/C21H26N6O3/c1-13-15(11-26(2)24-13)9-22-19-8-20(25-27(3)21(19)28)30-12-14-7-17(14)18-6-5-16(29-4)10-23-18/h5-6,8,10-11,14,17,22H,7,9,12H2,1-4H3/t14?,17-/m1/s1. The Kier molecular flexibility index (Phi) is 5.43. The van der Waals surface area contributed by atoms with Gasteiger partial charge in [0, 0.05) is 56.0 Å². The summed E-state index contributed by atoms with van der Waals surface area (Å²) in [5.41, 5.74) is 3.27. The molecule has 0 saturated heterocycles. The van der Waals surface area contributed by atoms with Crippen LogP contribution in [0.15, 0.2) is 35.4 Å². The number of aryl methyl sites for hydroxylation is 3. The fourth-order valence-corrected chi connectivity index (χ4v) is 3.51. The Morgan fingerprint density at radius 2 is 2.10 bits per heavy atom. The van der Waals surface area contributed by atoms with E-state index < -0.39 is 0 Å². The fourth-order valence-electron chi connectivity index (χ4n) is 3.51. The molecule has 1 aliphatic carbocycles. The summed E-state index contributed by atoms with van der Waals surface area (Å²) in [6.45, 7) is 2.98.